The van der Waals surface area contributed by atoms with E-state index in [1.54, 1.807) is 0 Å². The standard InChI is InChI=1S/C14H17FN2O3/c1-8-10(15)6-9(7-11(8)16)14(19)20-12-4-2-3-5-17-13(12)18/h6-7,12H,2-5,16H2,1H3,(H,17,18). The smallest absolute Gasteiger partial charge is 0.339 e. The number of amides is 1. The summed E-state index contributed by atoms with van der Waals surface area (Å²) in [6.07, 6.45) is 1.30. The molecule has 1 heterocycles. The van der Waals surface area contributed by atoms with Crippen LogP contribution in [0.1, 0.15) is 35.2 Å². The number of halogens is 1. The summed E-state index contributed by atoms with van der Waals surface area (Å²) in [6.45, 7) is 2.11. The number of esters is 1. The summed E-state index contributed by atoms with van der Waals surface area (Å²) in [7, 11) is 0. The molecular formula is C14H17FN2O3. The molecule has 1 aromatic rings. The lowest BCUT2D eigenvalue weighted by Gasteiger charge is -2.15. The zero-order valence-electron chi connectivity index (χ0n) is 11.2. The Hall–Kier alpha value is -2.11. The van der Waals surface area contributed by atoms with Gasteiger partial charge in [-0.1, -0.05) is 0 Å². The molecule has 1 aliphatic rings. The van der Waals surface area contributed by atoms with Crippen LogP contribution in [0.15, 0.2) is 12.1 Å². The topological polar surface area (TPSA) is 81.4 Å². The number of hydrogen-bond donors (Lipinski definition) is 2. The van der Waals surface area contributed by atoms with Gasteiger partial charge in [-0.3, -0.25) is 4.79 Å². The molecule has 3 N–H and O–H groups in total. The minimum atomic E-state index is -0.824. The predicted octanol–water partition coefficient (Wildman–Crippen LogP) is 1.54. The minimum absolute atomic E-state index is 0.0163. The van der Waals surface area contributed by atoms with Crippen LogP contribution < -0.4 is 11.1 Å². The van der Waals surface area contributed by atoms with E-state index in [4.69, 9.17) is 10.5 Å². The molecule has 6 heteroatoms. The first kappa shape index (κ1) is 14.3. The van der Waals surface area contributed by atoms with Crippen molar-refractivity contribution in [2.24, 2.45) is 0 Å². The highest BCUT2D eigenvalue weighted by Crippen LogP contribution is 2.19. The Morgan fingerprint density at radius 2 is 2.20 bits per heavy atom. The molecule has 20 heavy (non-hydrogen) atoms. The van der Waals surface area contributed by atoms with Crippen molar-refractivity contribution in [3.05, 3.63) is 29.1 Å². The van der Waals surface area contributed by atoms with Crippen LogP contribution in [0, 0.1) is 12.7 Å². The van der Waals surface area contributed by atoms with Gasteiger partial charge >= 0.3 is 5.97 Å². The van der Waals surface area contributed by atoms with Crippen LogP contribution in [0.25, 0.3) is 0 Å². The zero-order chi connectivity index (χ0) is 14.7. The normalized spacial score (nSPS) is 19.1. The highest BCUT2D eigenvalue weighted by Gasteiger charge is 2.25. The van der Waals surface area contributed by atoms with Crippen LogP contribution in [0.4, 0.5) is 10.1 Å². The second-order valence-corrected chi connectivity index (χ2v) is 4.85. The largest absolute Gasteiger partial charge is 0.449 e. The van der Waals surface area contributed by atoms with Crippen LogP contribution in [-0.2, 0) is 9.53 Å². The molecule has 0 bridgehead atoms. The molecule has 1 unspecified atom stereocenters. The van der Waals surface area contributed by atoms with Crippen molar-refractivity contribution in [1.29, 1.82) is 0 Å². The van der Waals surface area contributed by atoms with Gasteiger partial charge in [0.1, 0.15) is 5.82 Å². The van der Waals surface area contributed by atoms with Crippen LogP contribution in [0.2, 0.25) is 0 Å². The Labute approximate surface area is 116 Å². The van der Waals surface area contributed by atoms with Gasteiger partial charge in [0.05, 0.1) is 5.56 Å². The van der Waals surface area contributed by atoms with Crippen molar-refractivity contribution in [2.45, 2.75) is 32.3 Å². The maximum atomic E-state index is 13.6. The second-order valence-electron chi connectivity index (χ2n) is 4.85. The number of carbonyl (C=O) groups excluding carboxylic acids is 2. The van der Waals surface area contributed by atoms with E-state index in [2.05, 4.69) is 5.32 Å². The third kappa shape index (κ3) is 3.07. The molecule has 0 radical (unpaired) electrons. The number of nitrogens with two attached hydrogens (primary N) is 1. The Bertz CT molecular complexity index is 522. The molecule has 1 aliphatic heterocycles. The number of carbonyl (C=O) groups is 2. The Kier molecular flexibility index (Phi) is 4.22. The first-order valence-corrected chi connectivity index (χ1v) is 6.53. The van der Waals surface area contributed by atoms with E-state index in [0.29, 0.717) is 13.0 Å². The van der Waals surface area contributed by atoms with Gasteiger partial charge in [-0.05, 0) is 38.3 Å². The fraction of sp³-hybridized carbons (Fsp3) is 0.429. The average Bonchev–Trinajstić information content (AvgIpc) is 2.61. The molecule has 0 aromatic heterocycles. The summed E-state index contributed by atoms with van der Waals surface area (Å²) in [5.41, 5.74) is 6.10. The van der Waals surface area contributed by atoms with Crippen LogP contribution >= 0.6 is 0 Å². The van der Waals surface area contributed by atoms with Crippen LogP contribution in [-0.4, -0.2) is 24.5 Å². The summed E-state index contributed by atoms with van der Waals surface area (Å²) < 4.78 is 18.7. The summed E-state index contributed by atoms with van der Waals surface area (Å²) in [5.74, 6) is -1.61. The Morgan fingerprint density at radius 3 is 2.90 bits per heavy atom. The SMILES string of the molecule is Cc1c(N)cc(C(=O)OC2CCCCNC2=O)cc1F. The van der Waals surface area contributed by atoms with Crippen LogP contribution in [0.5, 0.6) is 0 Å². The fourth-order valence-electron chi connectivity index (χ4n) is 2.04. The molecule has 5 nitrogen and oxygen atoms in total. The van der Waals surface area contributed by atoms with Crippen molar-refractivity contribution >= 4 is 17.6 Å². The molecule has 0 spiro atoms. The van der Waals surface area contributed by atoms with Crippen LogP contribution in [0.3, 0.4) is 0 Å². The van der Waals surface area contributed by atoms with Gasteiger partial charge in [-0.2, -0.15) is 0 Å². The van der Waals surface area contributed by atoms with Crippen molar-refractivity contribution < 1.29 is 18.7 Å². The van der Waals surface area contributed by atoms with E-state index < -0.39 is 17.9 Å². The van der Waals surface area contributed by atoms with Gasteiger partial charge < -0.3 is 15.8 Å². The minimum Gasteiger partial charge on any atom is -0.449 e. The molecular weight excluding hydrogens is 263 g/mol. The molecule has 108 valence electrons. The molecule has 1 aromatic carbocycles. The number of nitrogen functional groups attached to an aromatic ring is 1. The summed E-state index contributed by atoms with van der Waals surface area (Å²) in [6, 6.07) is 2.43. The highest BCUT2D eigenvalue weighted by molar-refractivity contribution is 5.93. The number of ether oxygens (including phenoxy) is 1. The van der Waals surface area contributed by atoms with E-state index in [-0.39, 0.29) is 22.7 Å². The first-order valence-electron chi connectivity index (χ1n) is 6.53. The highest BCUT2D eigenvalue weighted by atomic mass is 19.1. The number of nitrogens with one attached hydrogen (secondary N) is 1. The number of benzene rings is 1. The van der Waals surface area contributed by atoms with E-state index in [1.807, 2.05) is 0 Å². The van der Waals surface area contributed by atoms with Gasteiger partial charge in [0.25, 0.3) is 5.91 Å². The predicted molar refractivity (Wildman–Crippen MR) is 71.6 cm³/mol. The molecule has 2 rings (SSSR count). The zero-order valence-corrected chi connectivity index (χ0v) is 11.2. The molecule has 1 saturated heterocycles. The number of anilines is 1. The molecule has 1 atom stereocenters. The number of rotatable bonds is 2. The summed E-state index contributed by atoms with van der Waals surface area (Å²) in [4.78, 5) is 23.6. The lowest BCUT2D eigenvalue weighted by molar-refractivity contribution is -0.129. The van der Waals surface area contributed by atoms with Gasteiger partial charge in [0.2, 0.25) is 0 Å². The van der Waals surface area contributed by atoms with Crippen molar-refractivity contribution in [2.75, 3.05) is 12.3 Å². The maximum Gasteiger partial charge on any atom is 0.339 e. The molecule has 0 saturated carbocycles. The van der Waals surface area contributed by atoms with E-state index in [0.717, 1.165) is 18.9 Å². The van der Waals surface area contributed by atoms with Crippen molar-refractivity contribution in [3.63, 3.8) is 0 Å². The maximum absolute atomic E-state index is 13.6. The van der Waals surface area contributed by atoms with Gasteiger partial charge in [0, 0.05) is 17.8 Å². The first-order chi connectivity index (χ1) is 9.49. The summed E-state index contributed by atoms with van der Waals surface area (Å²) in [5, 5.41) is 2.67. The average molecular weight is 280 g/mol. The van der Waals surface area contributed by atoms with E-state index in [9.17, 15) is 14.0 Å². The molecule has 1 fully saturated rings. The van der Waals surface area contributed by atoms with Gasteiger partial charge in [-0.25, -0.2) is 9.18 Å². The molecule has 1 amide bonds. The monoisotopic (exact) mass is 280 g/mol. The Balaban J connectivity index is 2.13. The molecule has 0 aliphatic carbocycles. The van der Waals surface area contributed by atoms with Crippen molar-refractivity contribution in [1.82, 2.24) is 5.32 Å². The number of hydrogen-bond acceptors (Lipinski definition) is 4. The lowest BCUT2D eigenvalue weighted by Crippen LogP contribution is -2.36. The van der Waals surface area contributed by atoms with Gasteiger partial charge in [-0.15, -0.1) is 0 Å². The second kappa shape index (κ2) is 5.90. The quantitative estimate of drug-likeness (QED) is 0.636. The van der Waals surface area contributed by atoms with Crippen molar-refractivity contribution in [3.8, 4) is 0 Å². The fourth-order valence-corrected chi connectivity index (χ4v) is 2.04. The lowest BCUT2D eigenvalue weighted by atomic mass is 10.1. The summed E-state index contributed by atoms with van der Waals surface area (Å²) >= 11 is 0. The Morgan fingerprint density at radius 1 is 1.45 bits per heavy atom. The third-order valence-corrected chi connectivity index (χ3v) is 3.35. The van der Waals surface area contributed by atoms with E-state index >= 15 is 0 Å². The van der Waals surface area contributed by atoms with E-state index in [1.165, 1.54) is 13.0 Å². The van der Waals surface area contributed by atoms with Gasteiger partial charge in [0.15, 0.2) is 6.10 Å². The third-order valence-electron chi connectivity index (χ3n) is 3.35.